The van der Waals surface area contributed by atoms with E-state index < -0.39 is 0 Å². The third-order valence-electron chi connectivity index (χ3n) is 5.37. The number of aromatic nitrogens is 3. The van der Waals surface area contributed by atoms with Crippen LogP contribution in [0.5, 0.6) is 0 Å². The van der Waals surface area contributed by atoms with Crippen LogP contribution in [0, 0.1) is 5.82 Å². The number of carbonyl (C=O) groups is 1. The van der Waals surface area contributed by atoms with E-state index in [1.807, 2.05) is 4.90 Å². The number of carbonyl (C=O) groups excluding carboxylic acids is 1. The minimum atomic E-state index is -0.249. The fourth-order valence-corrected chi connectivity index (χ4v) is 4.36. The predicted octanol–water partition coefficient (Wildman–Crippen LogP) is 4.27. The lowest BCUT2D eigenvalue weighted by Gasteiger charge is -2.34. The Balaban J connectivity index is 1.41. The Bertz CT molecular complexity index is 769. The third-order valence-corrected chi connectivity index (χ3v) is 6.21. The Morgan fingerprint density at radius 2 is 1.89 bits per heavy atom. The summed E-state index contributed by atoms with van der Waals surface area (Å²) in [7, 11) is 0. The zero-order valence-electron chi connectivity index (χ0n) is 15.4. The van der Waals surface area contributed by atoms with Crippen molar-refractivity contribution in [3.05, 3.63) is 41.5 Å². The summed E-state index contributed by atoms with van der Waals surface area (Å²) in [6, 6.07) is 6.72. The van der Waals surface area contributed by atoms with Crippen LogP contribution >= 0.6 is 11.8 Å². The Morgan fingerprint density at radius 3 is 2.59 bits per heavy atom. The van der Waals surface area contributed by atoms with Gasteiger partial charge in [0, 0.05) is 18.5 Å². The van der Waals surface area contributed by atoms with Gasteiger partial charge in [-0.1, -0.05) is 43.2 Å². The minimum absolute atomic E-state index is 0.106. The van der Waals surface area contributed by atoms with E-state index in [0.717, 1.165) is 37.1 Å². The molecule has 1 amide bonds. The molecule has 1 N–H and O–H groups in total. The normalized spacial score (nSPS) is 17.8. The van der Waals surface area contributed by atoms with Gasteiger partial charge in [0.25, 0.3) is 0 Å². The van der Waals surface area contributed by atoms with Gasteiger partial charge in [0.15, 0.2) is 0 Å². The SMILES string of the molecule is O=C(CSc1n[nH]c(C2CC2)n1)N(Cc1ccc(F)cc1)C1CCCCC1. The first kappa shape index (κ1) is 18.5. The molecule has 144 valence electrons. The van der Waals surface area contributed by atoms with Crippen LogP contribution < -0.4 is 0 Å². The molecule has 1 aromatic heterocycles. The number of rotatable bonds is 7. The molecule has 1 heterocycles. The van der Waals surface area contributed by atoms with Crippen molar-refractivity contribution in [2.45, 2.75) is 68.6 Å². The van der Waals surface area contributed by atoms with Crippen LogP contribution in [0.25, 0.3) is 0 Å². The largest absolute Gasteiger partial charge is 0.335 e. The van der Waals surface area contributed by atoms with E-state index in [1.54, 1.807) is 12.1 Å². The molecule has 2 aromatic rings. The molecule has 27 heavy (non-hydrogen) atoms. The molecule has 2 aliphatic rings. The molecule has 2 aliphatic carbocycles. The number of thioether (sulfide) groups is 1. The molecule has 0 bridgehead atoms. The molecular formula is C20H25FN4OS. The number of halogens is 1. The Hall–Kier alpha value is -1.89. The second kappa shape index (κ2) is 8.42. The van der Waals surface area contributed by atoms with Crippen LogP contribution in [-0.2, 0) is 11.3 Å². The van der Waals surface area contributed by atoms with Gasteiger partial charge in [-0.05, 0) is 43.4 Å². The molecule has 0 aliphatic heterocycles. The molecule has 5 nitrogen and oxygen atoms in total. The van der Waals surface area contributed by atoms with Gasteiger partial charge in [-0.3, -0.25) is 9.89 Å². The lowest BCUT2D eigenvalue weighted by Crippen LogP contribution is -2.41. The number of aromatic amines is 1. The zero-order chi connectivity index (χ0) is 18.6. The van der Waals surface area contributed by atoms with Crippen molar-refractivity contribution in [1.82, 2.24) is 20.1 Å². The lowest BCUT2D eigenvalue weighted by molar-refractivity contribution is -0.132. The summed E-state index contributed by atoms with van der Waals surface area (Å²) in [5.41, 5.74) is 0.967. The van der Waals surface area contributed by atoms with Crippen molar-refractivity contribution < 1.29 is 9.18 Å². The van der Waals surface area contributed by atoms with Gasteiger partial charge in [-0.25, -0.2) is 9.37 Å². The molecule has 7 heteroatoms. The molecule has 4 rings (SSSR count). The maximum Gasteiger partial charge on any atom is 0.233 e. The van der Waals surface area contributed by atoms with Gasteiger partial charge in [0.1, 0.15) is 11.6 Å². The average Bonchev–Trinajstić information content (AvgIpc) is 3.44. The number of hydrogen-bond acceptors (Lipinski definition) is 4. The van der Waals surface area contributed by atoms with Crippen molar-refractivity contribution in [2.75, 3.05) is 5.75 Å². The van der Waals surface area contributed by atoms with Gasteiger partial charge in [-0.2, -0.15) is 0 Å². The topological polar surface area (TPSA) is 61.9 Å². The highest BCUT2D eigenvalue weighted by Gasteiger charge is 2.28. The number of nitrogens with one attached hydrogen (secondary N) is 1. The number of benzene rings is 1. The van der Waals surface area contributed by atoms with Crippen LogP contribution in [0.3, 0.4) is 0 Å². The summed E-state index contributed by atoms with van der Waals surface area (Å²) in [6.45, 7) is 0.533. The van der Waals surface area contributed by atoms with E-state index in [0.29, 0.717) is 23.4 Å². The molecule has 0 spiro atoms. The van der Waals surface area contributed by atoms with Crippen molar-refractivity contribution >= 4 is 17.7 Å². The summed E-state index contributed by atoms with van der Waals surface area (Å²) < 4.78 is 13.2. The lowest BCUT2D eigenvalue weighted by atomic mass is 9.94. The molecular weight excluding hydrogens is 363 g/mol. The highest BCUT2D eigenvalue weighted by Crippen LogP contribution is 2.38. The van der Waals surface area contributed by atoms with Crippen molar-refractivity contribution in [3.8, 4) is 0 Å². The number of hydrogen-bond donors (Lipinski definition) is 1. The highest BCUT2D eigenvalue weighted by molar-refractivity contribution is 7.99. The standard InChI is InChI=1S/C20H25FN4OS/c21-16-10-6-14(7-11-16)12-25(17-4-2-1-3-5-17)18(26)13-27-20-22-19(23-24-20)15-8-9-15/h6-7,10-11,15,17H,1-5,8-9,12-13H2,(H,22,23,24). The van der Waals surface area contributed by atoms with E-state index in [1.165, 1.54) is 43.2 Å². The maximum atomic E-state index is 13.2. The molecule has 1 aromatic carbocycles. The monoisotopic (exact) mass is 388 g/mol. The minimum Gasteiger partial charge on any atom is -0.335 e. The van der Waals surface area contributed by atoms with Crippen molar-refractivity contribution in [3.63, 3.8) is 0 Å². The molecule has 0 atom stereocenters. The highest BCUT2D eigenvalue weighted by atomic mass is 32.2. The molecule has 0 unspecified atom stereocenters. The van der Waals surface area contributed by atoms with Gasteiger partial charge in [0.2, 0.25) is 11.1 Å². The van der Waals surface area contributed by atoms with Crippen LogP contribution in [0.4, 0.5) is 4.39 Å². The maximum absolute atomic E-state index is 13.2. The predicted molar refractivity (Wildman–Crippen MR) is 103 cm³/mol. The Labute approximate surface area is 163 Å². The Morgan fingerprint density at radius 1 is 1.15 bits per heavy atom. The van der Waals surface area contributed by atoms with Gasteiger partial charge < -0.3 is 4.90 Å². The molecule has 2 saturated carbocycles. The van der Waals surface area contributed by atoms with Crippen LogP contribution in [-0.4, -0.2) is 37.8 Å². The van der Waals surface area contributed by atoms with E-state index in [9.17, 15) is 9.18 Å². The zero-order valence-corrected chi connectivity index (χ0v) is 16.2. The first-order valence-corrected chi connectivity index (χ1v) is 10.8. The van der Waals surface area contributed by atoms with Crippen LogP contribution in [0.15, 0.2) is 29.4 Å². The fourth-order valence-electron chi connectivity index (χ4n) is 3.67. The van der Waals surface area contributed by atoms with Crippen molar-refractivity contribution in [1.29, 1.82) is 0 Å². The first-order valence-electron chi connectivity index (χ1n) is 9.78. The molecule has 2 fully saturated rings. The van der Waals surface area contributed by atoms with E-state index in [-0.39, 0.29) is 17.8 Å². The molecule has 0 radical (unpaired) electrons. The van der Waals surface area contributed by atoms with E-state index in [4.69, 9.17) is 0 Å². The van der Waals surface area contributed by atoms with Crippen LogP contribution in [0.2, 0.25) is 0 Å². The van der Waals surface area contributed by atoms with Crippen LogP contribution in [0.1, 0.15) is 62.3 Å². The molecule has 0 saturated heterocycles. The van der Waals surface area contributed by atoms with Gasteiger partial charge in [0.05, 0.1) is 5.75 Å². The summed E-state index contributed by atoms with van der Waals surface area (Å²) in [4.78, 5) is 19.5. The van der Waals surface area contributed by atoms with Gasteiger partial charge >= 0.3 is 0 Å². The average molecular weight is 389 g/mol. The number of H-pyrrole nitrogens is 1. The first-order chi connectivity index (χ1) is 13.2. The number of nitrogens with zero attached hydrogens (tertiary/aromatic N) is 3. The summed E-state index contributed by atoms with van der Waals surface area (Å²) >= 11 is 1.40. The van der Waals surface area contributed by atoms with Gasteiger partial charge in [-0.15, -0.1) is 5.10 Å². The van der Waals surface area contributed by atoms with E-state index >= 15 is 0 Å². The number of amides is 1. The summed E-state index contributed by atoms with van der Waals surface area (Å²) in [5, 5.41) is 7.86. The second-order valence-electron chi connectivity index (χ2n) is 7.51. The van der Waals surface area contributed by atoms with Crippen molar-refractivity contribution in [2.24, 2.45) is 0 Å². The Kier molecular flexibility index (Phi) is 5.76. The summed E-state index contributed by atoms with van der Waals surface area (Å²) in [5.74, 6) is 1.66. The fraction of sp³-hybridized carbons (Fsp3) is 0.550. The second-order valence-corrected chi connectivity index (χ2v) is 8.45. The third kappa shape index (κ3) is 4.89. The quantitative estimate of drug-likeness (QED) is 0.720. The smallest absolute Gasteiger partial charge is 0.233 e. The van der Waals surface area contributed by atoms with E-state index in [2.05, 4.69) is 15.2 Å². The summed E-state index contributed by atoms with van der Waals surface area (Å²) in [6.07, 6.45) is 8.00.